The first kappa shape index (κ1) is 66.7. The zero-order valence-corrected chi connectivity index (χ0v) is 52.5. The Kier molecular flexibility index (Phi) is 19.5. The van der Waals surface area contributed by atoms with Crippen molar-refractivity contribution in [3.8, 4) is 0 Å². The largest absolute Gasteiger partial charge is 0.456 e. The molecule has 5 aliphatic rings. The molecule has 1 aromatic heterocycles. The van der Waals surface area contributed by atoms with E-state index in [9.17, 15) is 53.3 Å². The summed E-state index contributed by atoms with van der Waals surface area (Å²) in [6, 6.07) is 27.1. The fourth-order valence-corrected chi connectivity index (χ4v) is 13.8. The van der Waals surface area contributed by atoms with Gasteiger partial charge in [0.25, 0.3) is 17.7 Å². The van der Waals surface area contributed by atoms with Gasteiger partial charge in [-0.1, -0.05) is 94.4 Å². The van der Waals surface area contributed by atoms with Crippen molar-refractivity contribution in [1.82, 2.24) is 20.5 Å². The monoisotopic (exact) mass is 1250 g/mol. The molecule has 482 valence electrons. The van der Waals surface area contributed by atoms with Gasteiger partial charge in [0.15, 0.2) is 23.6 Å². The molecule has 2 saturated carbocycles. The molecule has 0 radical (unpaired) electrons. The van der Waals surface area contributed by atoms with Crippen LogP contribution < -0.4 is 16.0 Å². The van der Waals surface area contributed by atoms with Gasteiger partial charge in [0, 0.05) is 73.4 Å². The number of rotatable bonds is 17. The highest BCUT2D eigenvalue weighted by molar-refractivity contribution is 6.35. The maximum atomic E-state index is 15.5. The number of nitrogens with zero attached hydrogens (tertiary/aromatic N) is 1. The van der Waals surface area contributed by atoms with Crippen LogP contribution in [0.4, 0.5) is 10.1 Å². The van der Waals surface area contributed by atoms with Crippen molar-refractivity contribution in [1.29, 1.82) is 0 Å². The number of H-pyrrole nitrogens is 1. The fraction of sp³-hybridized carbons (Fsp3) is 0.420. The number of aryl methyl sites for hydroxylation is 1. The van der Waals surface area contributed by atoms with Gasteiger partial charge in [-0.3, -0.25) is 28.8 Å². The molecule has 4 aromatic carbocycles. The molecule has 91 heavy (non-hydrogen) atoms. The molecule has 0 unspecified atom stereocenters. The summed E-state index contributed by atoms with van der Waals surface area (Å²) in [5, 5.41) is 45.9. The van der Waals surface area contributed by atoms with Gasteiger partial charge < -0.3 is 64.8 Å². The number of Topliss-reactive ketones (excluding diaryl/α,β-unsaturated/α-hetero) is 1. The number of carbonyl (C=O) groups is 8. The number of likely N-dealkylation sites (N-methyl/N-ethyl adjacent to an activating group) is 1. The lowest BCUT2D eigenvalue weighted by molar-refractivity contribution is -0.346. The minimum absolute atomic E-state index is 0.00289. The Balaban J connectivity index is 0.000000282. The molecular weight excluding hydrogens is 1170 g/mol. The van der Waals surface area contributed by atoms with Crippen LogP contribution in [-0.4, -0.2) is 153 Å². The lowest BCUT2D eigenvalue weighted by Gasteiger charge is -2.67. The van der Waals surface area contributed by atoms with E-state index >= 15 is 4.79 Å². The molecule has 0 spiro atoms. The second-order valence-electron chi connectivity index (χ2n) is 24.5. The number of aliphatic hydroxyl groups excluding tert-OH is 2. The van der Waals surface area contributed by atoms with E-state index in [4.69, 9.17) is 23.7 Å². The minimum atomic E-state index is -2.39. The van der Waals surface area contributed by atoms with Gasteiger partial charge in [-0.15, -0.1) is 0 Å². The van der Waals surface area contributed by atoms with Gasteiger partial charge in [-0.2, -0.15) is 0 Å². The number of ether oxygens (including phenoxy) is 5. The van der Waals surface area contributed by atoms with Gasteiger partial charge in [-0.25, -0.2) is 14.0 Å². The highest BCUT2D eigenvalue weighted by Gasteiger charge is 2.78. The van der Waals surface area contributed by atoms with E-state index < -0.39 is 118 Å². The average molecular weight is 1250 g/mol. The summed E-state index contributed by atoms with van der Waals surface area (Å²) < 4.78 is 43.9. The van der Waals surface area contributed by atoms with Gasteiger partial charge in [0.2, 0.25) is 0 Å². The predicted octanol–water partition coefficient (Wildman–Crippen LogP) is 7.07. The standard InChI is InChI=1S/C47H51NO14.C22H27FN4O2/c1-25-31(60-43(56)36(52)35(28-16-10-7-11-17-28)48-41(54)29-18-12-8-13-19-29)23-47(57)40(61-42(55)30-20-14-9-15-21-30)38-45(6,32(51)22-33-46(38,24-58-33)62-27(3)50)39(53)37(59-26(2)49)34(25)44(47,4)5;1-5-27(6-2)10-9-24-22(29)20-13(3)19(25-14(20)4)12-17-16-11-15(23)7-8-18(16)26-21(17)28/h7-21,31-33,35-38,40,51-52,57H,22-24H2,1-6H3,(H,48,54);7-8,11-12,25H,5-6,9-10H2,1-4H3,(H,24,29)(H,26,28)/b;17-12-/t31-,32-,33+,35-,36+,37+,38-,40-,45+,46-,47+;/m0./s1. The first-order valence-electron chi connectivity index (χ1n) is 30.4. The molecule has 5 aromatic rings. The van der Waals surface area contributed by atoms with Gasteiger partial charge in [0.05, 0.1) is 46.8 Å². The number of carbonyl (C=O) groups excluding carboxylic acids is 8. The maximum absolute atomic E-state index is 15.5. The van der Waals surface area contributed by atoms with Gasteiger partial charge in [-0.05, 0) is 112 Å². The van der Waals surface area contributed by atoms with E-state index in [2.05, 4.69) is 39.7 Å². The Morgan fingerprint density at radius 1 is 0.835 bits per heavy atom. The number of fused-ring (bicyclic) bond motifs is 6. The van der Waals surface area contributed by atoms with Crippen LogP contribution in [0.1, 0.15) is 133 Å². The summed E-state index contributed by atoms with van der Waals surface area (Å²) in [6.45, 7) is 19.1. The summed E-state index contributed by atoms with van der Waals surface area (Å²) in [6.07, 6.45) is -8.84. The zero-order valence-electron chi connectivity index (χ0n) is 52.5. The van der Waals surface area contributed by atoms with E-state index in [0.29, 0.717) is 40.2 Å². The van der Waals surface area contributed by atoms with Crippen LogP contribution >= 0.6 is 0 Å². The van der Waals surface area contributed by atoms with E-state index in [1.807, 2.05) is 13.8 Å². The molecule has 3 amide bonds. The maximum Gasteiger partial charge on any atom is 0.338 e. The number of benzene rings is 4. The molecule has 22 heteroatoms. The van der Waals surface area contributed by atoms with Crippen LogP contribution in [0.25, 0.3) is 11.6 Å². The number of nitrogens with one attached hydrogen (secondary N) is 4. The molecule has 3 fully saturated rings. The lowest BCUT2D eigenvalue weighted by atomic mass is 9.44. The topological polar surface area (TPSA) is 299 Å². The number of aliphatic hydroxyl groups is 3. The molecule has 1 saturated heterocycles. The van der Waals surface area contributed by atoms with Crippen molar-refractivity contribution in [3.63, 3.8) is 0 Å². The summed E-state index contributed by atoms with van der Waals surface area (Å²) in [4.78, 5) is 114. The summed E-state index contributed by atoms with van der Waals surface area (Å²) in [5.41, 5.74) is -2.81. The van der Waals surface area contributed by atoms with E-state index in [1.165, 1.54) is 38.1 Å². The van der Waals surface area contributed by atoms with Gasteiger partial charge in [0.1, 0.15) is 29.7 Å². The van der Waals surface area contributed by atoms with Crippen molar-refractivity contribution in [2.45, 2.75) is 136 Å². The van der Waals surface area contributed by atoms with Crippen molar-refractivity contribution >= 4 is 64.7 Å². The van der Waals surface area contributed by atoms with Crippen LogP contribution in [0.15, 0.2) is 120 Å². The molecule has 11 atom stereocenters. The van der Waals surface area contributed by atoms with Crippen LogP contribution in [0.3, 0.4) is 0 Å². The Bertz CT molecular complexity index is 3700. The second-order valence-corrected chi connectivity index (χ2v) is 24.5. The smallest absolute Gasteiger partial charge is 0.338 e. The van der Waals surface area contributed by atoms with Crippen LogP contribution in [-0.2, 0) is 47.7 Å². The number of esters is 4. The van der Waals surface area contributed by atoms with Crippen molar-refractivity contribution in [2.24, 2.45) is 16.7 Å². The third-order valence-electron chi connectivity index (χ3n) is 18.8. The fourth-order valence-electron chi connectivity index (χ4n) is 13.8. The first-order chi connectivity index (χ1) is 43.1. The van der Waals surface area contributed by atoms with Crippen molar-refractivity contribution in [2.75, 3.05) is 38.1 Å². The Morgan fingerprint density at radius 3 is 2.05 bits per heavy atom. The Labute approximate surface area is 526 Å². The molecule has 7 N–H and O–H groups in total. The summed E-state index contributed by atoms with van der Waals surface area (Å²) in [7, 11) is 0. The number of amides is 3. The van der Waals surface area contributed by atoms with Crippen molar-refractivity contribution in [3.05, 3.63) is 171 Å². The van der Waals surface area contributed by atoms with E-state index in [0.717, 1.165) is 44.7 Å². The number of halogens is 1. The van der Waals surface area contributed by atoms with Crippen molar-refractivity contribution < 1.29 is 81.8 Å². The number of ketones is 1. The molecular formula is C69H78FN5O16. The quantitative estimate of drug-likeness (QED) is 0.0212. The van der Waals surface area contributed by atoms with E-state index in [1.54, 1.807) is 105 Å². The normalized spacial score (nSPS) is 26.3. The number of aromatic amines is 1. The Morgan fingerprint density at radius 2 is 1.46 bits per heavy atom. The lowest BCUT2D eigenvalue weighted by Crippen LogP contribution is -2.82. The highest BCUT2D eigenvalue weighted by atomic mass is 19.1. The molecule has 3 aliphatic carbocycles. The van der Waals surface area contributed by atoms with Gasteiger partial charge >= 0.3 is 23.9 Å². The molecule has 2 bridgehead atoms. The summed E-state index contributed by atoms with van der Waals surface area (Å²) in [5.74, 6) is -7.68. The number of hydrogen-bond acceptors (Lipinski definition) is 17. The number of aromatic nitrogens is 1. The van der Waals surface area contributed by atoms with Crippen LogP contribution in [0.2, 0.25) is 0 Å². The predicted molar refractivity (Wildman–Crippen MR) is 331 cm³/mol. The third-order valence-corrected chi connectivity index (χ3v) is 18.8. The molecule has 21 nitrogen and oxygen atoms in total. The SMILES string of the molecule is CC(=O)O[C@H]1C(=O)[C@@]2(C)[C@H]([C@H](OC(=O)c3ccccc3)[C@]3(O)C[C@H](OC(=O)[C@H](O)[C@@H](NC(=O)c4ccccc4)c4ccccc4)C(C)=C1C3(C)C)[C@]1(OC(C)=O)CO[C@@H]1C[C@@H]2O.CCN(CC)CCNC(=O)c1c(C)[nH]c(/C=C2\C(=O)Nc3ccc(F)cc32)c1C. The average Bonchev–Trinajstić information content (AvgIpc) is 1.11. The highest BCUT2D eigenvalue weighted by Crippen LogP contribution is 2.64. The molecule has 2 aliphatic heterocycles. The van der Waals surface area contributed by atoms with Crippen LogP contribution in [0, 0.1) is 36.4 Å². The van der Waals surface area contributed by atoms with E-state index in [-0.39, 0.29) is 47.1 Å². The molecule has 10 rings (SSSR count). The third kappa shape index (κ3) is 12.6. The summed E-state index contributed by atoms with van der Waals surface area (Å²) >= 11 is 0. The number of hydrogen-bond donors (Lipinski definition) is 7. The van der Waals surface area contributed by atoms with Crippen LogP contribution in [0.5, 0.6) is 0 Å². The second kappa shape index (κ2) is 26.7. The molecule has 3 heterocycles. The first-order valence-corrected chi connectivity index (χ1v) is 30.4. The zero-order chi connectivity index (χ0) is 66.1. The number of anilines is 1. The Hall–Kier alpha value is -8.67. The minimum Gasteiger partial charge on any atom is -0.456 e.